The molecule has 2 aromatic heterocycles. The lowest BCUT2D eigenvalue weighted by Crippen LogP contribution is -2.47. The summed E-state index contributed by atoms with van der Waals surface area (Å²) in [5.74, 6) is -2.42. The average Bonchev–Trinajstić information content (AvgIpc) is 1.64. The summed E-state index contributed by atoms with van der Waals surface area (Å²) < 4.78 is 43.1. The monoisotopic (exact) mass is 1910 g/mol. The van der Waals surface area contributed by atoms with E-state index >= 15 is 0 Å². The number of allylic oxidation sites excluding steroid dienone is 2. The Balaban J connectivity index is 0.000000174. The summed E-state index contributed by atoms with van der Waals surface area (Å²) in [4.78, 5) is 156. The third-order valence-corrected chi connectivity index (χ3v) is 23.5. The van der Waals surface area contributed by atoms with Gasteiger partial charge in [0.05, 0.1) is 111 Å². The van der Waals surface area contributed by atoms with Crippen molar-refractivity contribution in [2.75, 3.05) is 72.7 Å². The van der Waals surface area contributed by atoms with Crippen LogP contribution in [-0.2, 0) is 101 Å². The van der Waals surface area contributed by atoms with Gasteiger partial charge < -0.3 is 103 Å². The van der Waals surface area contributed by atoms with Crippen LogP contribution in [0.1, 0.15) is 206 Å². The number of amides is 7. The van der Waals surface area contributed by atoms with Crippen LogP contribution in [0.15, 0.2) is 249 Å². The molecule has 0 spiro atoms. The molecule has 0 aliphatic carbocycles. The second kappa shape index (κ2) is 62.9. The van der Waals surface area contributed by atoms with Crippen molar-refractivity contribution in [2.45, 2.75) is 198 Å². The molecule has 740 valence electrons. The van der Waals surface area contributed by atoms with Crippen molar-refractivity contribution < 1.29 is 95.5 Å². The summed E-state index contributed by atoms with van der Waals surface area (Å²) in [5, 5.41) is 21.3. The van der Waals surface area contributed by atoms with Crippen molar-refractivity contribution in [3.05, 3.63) is 305 Å². The molecule has 7 aromatic carbocycles. The minimum atomic E-state index is -0.946. The van der Waals surface area contributed by atoms with E-state index in [1.54, 1.807) is 54.6 Å². The number of Topliss-reactive ketones (excluding diaryl/α,β-unsaturated/α-hetero) is 1. The maximum atomic E-state index is 12.8. The normalized spacial score (nSPS) is 20.2. The molecule has 7 N–H and O–H groups in total. The van der Waals surface area contributed by atoms with Crippen LogP contribution in [0.5, 0.6) is 5.75 Å². The van der Waals surface area contributed by atoms with E-state index in [0.29, 0.717) is 170 Å². The largest absolute Gasteiger partial charge is 0.493 e. The molecule has 15 rings (SSSR count). The SMILES string of the molecule is O=C(NCc1ccccc1)C(=O)[C@@H]1CC=CCCCCOc2ccccc2C(=O)N1.O=C[C@@H]1C/C=C/CCCCCCc2ccccc2C(=O)N1.O=C[C@@H]1CC=CCOCCCCOCc2ccccc2C(=O)N1.O=C[C@@H]1CC=CCOCCCOCc2ccccc2C(=O)N1.O=C[C@@H]1CC=CCOCCn2ccc3cccc(c32)C(=O)N1.O=C[C@@H]1CCCCOCCn2ccc3cccc(c32)C(=O)N1. The molecular formula is C111H131N9O20. The van der Waals surface area contributed by atoms with E-state index in [9.17, 15) is 62.3 Å². The predicted octanol–water partition coefficient (Wildman–Crippen LogP) is 14.8. The second-order valence-electron chi connectivity index (χ2n) is 33.9. The van der Waals surface area contributed by atoms with E-state index in [-0.39, 0.29) is 42.5 Å². The molecule has 0 fully saturated rings. The summed E-state index contributed by atoms with van der Waals surface area (Å²) in [5.41, 5.74) is 8.72. The molecule has 0 radical (unpaired) electrons. The zero-order valence-corrected chi connectivity index (χ0v) is 79.5. The van der Waals surface area contributed by atoms with Crippen molar-refractivity contribution in [2.24, 2.45) is 0 Å². The standard InChI is InChI=1S/C24H26N2O4.C18H23NO4.C18H23NO2.C17H20N2O3.C17H18N2O3.C17H21NO4/c27-22(24(29)25-17-18-11-5-4-6-12-18)20-14-7-2-1-3-10-16-30-21-15-9-8-13-19(21)23(28)26-20;20-13-16-8-3-4-10-22-11-5-6-12-23-14-15-7-1-2-9-17(15)18(21)19-16;20-14-16-12-7-5-3-1-2-4-6-10-15-11-8-9-13-17(15)18(21)19-16;2*20-12-14-5-1-2-10-22-11-9-19-8-7-13-4-3-6-15(16(13)19)17(21)18-14;19-12-15-7-3-4-9-21-10-5-11-22-13-14-6-1-2-8-16(14)17(20)18-15/h2,4-9,11-13,15,20H,1,3,10,14,16-17H2,(H,25,29)(H,26,28);1-4,7,9,13,16H,5-6,8,10-12,14H2,(H,19,21);5,7-9,11,13-14,16H,1-4,6,10,12H2,(H,19,21);3-4,6-8,12,14H,1-2,5,9-11H2,(H,18,21);1-4,6-8,12,14H,5,9-11H2,(H,18,21);1-4,6,8,12,15H,5,7,9-11,13H2,(H,18,20)/b;;7-5+;;;/t20-;2*16-;2*14-;15-/m000000/s1. The van der Waals surface area contributed by atoms with Crippen LogP contribution in [-0.4, -0.2) is 197 Å². The predicted molar refractivity (Wildman–Crippen MR) is 536 cm³/mol. The maximum absolute atomic E-state index is 12.8. The smallest absolute Gasteiger partial charge is 0.289 e. The number of nitrogens with one attached hydrogen (secondary N) is 7. The highest BCUT2D eigenvalue weighted by molar-refractivity contribution is 6.38. The number of ether oxygens (including phenoxy) is 7. The molecule has 29 nitrogen and oxygen atoms in total. The van der Waals surface area contributed by atoms with Crippen molar-refractivity contribution in [3.63, 3.8) is 0 Å². The fourth-order valence-electron chi connectivity index (χ4n) is 15.8. The topological polar surface area (TPSA) is 381 Å². The van der Waals surface area contributed by atoms with E-state index in [4.69, 9.17) is 33.2 Å². The first-order valence-electron chi connectivity index (χ1n) is 48.5. The quantitative estimate of drug-likeness (QED) is 0.0401. The number of hydrogen-bond acceptors (Lipinski definition) is 20. The van der Waals surface area contributed by atoms with E-state index in [0.717, 1.165) is 146 Å². The van der Waals surface area contributed by atoms with Gasteiger partial charge in [-0.1, -0.05) is 195 Å². The number of fused-ring (bicyclic) bond motifs is 4. The van der Waals surface area contributed by atoms with Crippen LogP contribution in [0.3, 0.4) is 0 Å². The summed E-state index contributed by atoms with van der Waals surface area (Å²) in [6, 6.07) is 50.3. The van der Waals surface area contributed by atoms with Crippen LogP contribution < -0.4 is 42.0 Å². The van der Waals surface area contributed by atoms with Crippen LogP contribution in [0, 0.1) is 0 Å². The van der Waals surface area contributed by atoms with E-state index in [1.165, 1.54) is 19.3 Å². The number of aromatic nitrogens is 2. The molecule has 0 bridgehead atoms. The van der Waals surface area contributed by atoms with Crippen molar-refractivity contribution in [1.82, 2.24) is 46.4 Å². The Kier molecular flexibility index (Phi) is 48.6. The van der Waals surface area contributed by atoms with Crippen molar-refractivity contribution >= 4 is 100 Å². The van der Waals surface area contributed by atoms with Gasteiger partial charge in [-0.2, -0.15) is 0 Å². The van der Waals surface area contributed by atoms with Gasteiger partial charge in [-0.25, -0.2) is 0 Å². The summed E-state index contributed by atoms with van der Waals surface area (Å²) in [6.45, 7) is 8.84. The Morgan fingerprint density at radius 2 is 0.721 bits per heavy atom. The summed E-state index contributed by atoms with van der Waals surface area (Å²) in [6.07, 6.45) is 43.5. The third-order valence-electron chi connectivity index (χ3n) is 23.5. The highest BCUT2D eigenvalue weighted by Gasteiger charge is 2.29. The Labute approximate surface area is 818 Å². The summed E-state index contributed by atoms with van der Waals surface area (Å²) >= 11 is 0. The molecule has 9 aromatic rings. The number of carbonyl (C=O) groups is 13. The van der Waals surface area contributed by atoms with Gasteiger partial charge in [-0.05, 0) is 192 Å². The average molecular weight is 1910 g/mol. The molecule has 7 amide bonds. The number of ketones is 1. The van der Waals surface area contributed by atoms with E-state index in [1.807, 2.05) is 198 Å². The van der Waals surface area contributed by atoms with Gasteiger partial charge in [0.15, 0.2) is 0 Å². The molecule has 140 heavy (non-hydrogen) atoms. The van der Waals surface area contributed by atoms with Gasteiger partial charge in [0.1, 0.15) is 43.2 Å². The van der Waals surface area contributed by atoms with Gasteiger partial charge in [0.25, 0.3) is 41.4 Å². The number of hydrogen-bond donors (Lipinski definition) is 7. The molecule has 6 aliphatic rings. The highest BCUT2D eigenvalue weighted by Crippen LogP contribution is 2.26. The Morgan fingerprint density at radius 3 is 1.26 bits per heavy atom. The molecule has 0 saturated heterocycles. The fourth-order valence-corrected chi connectivity index (χ4v) is 15.8. The number of carbonyl (C=O) groups excluding carboxylic acids is 13. The van der Waals surface area contributed by atoms with Gasteiger partial charge in [0.2, 0.25) is 5.78 Å². The third kappa shape index (κ3) is 37.2. The molecule has 6 aliphatic heterocycles. The van der Waals surface area contributed by atoms with Crippen LogP contribution in [0.25, 0.3) is 21.8 Å². The minimum absolute atomic E-state index is 0.145. The highest BCUT2D eigenvalue weighted by atomic mass is 16.5. The first-order chi connectivity index (χ1) is 68.7. The number of aryl methyl sites for hydroxylation is 1. The van der Waals surface area contributed by atoms with E-state index < -0.39 is 53.8 Å². The molecule has 0 saturated carbocycles. The lowest BCUT2D eigenvalue weighted by molar-refractivity contribution is -0.139. The fraction of sp³-hybridized carbons (Fsp3) is 0.378. The molecule has 6 atom stereocenters. The van der Waals surface area contributed by atoms with Crippen LogP contribution >= 0.6 is 0 Å². The number of aldehydes is 5. The van der Waals surface area contributed by atoms with Gasteiger partial charge in [-0.15, -0.1) is 0 Å². The Hall–Kier alpha value is -13.8. The van der Waals surface area contributed by atoms with Gasteiger partial charge in [-0.3, -0.25) is 38.4 Å². The maximum Gasteiger partial charge on any atom is 0.289 e. The Bertz CT molecular complexity index is 5620. The van der Waals surface area contributed by atoms with Crippen molar-refractivity contribution in [3.8, 4) is 5.75 Å². The molecule has 8 heterocycles. The van der Waals surface area contributed by atoms with Crippen LogP contribution in [0.4, 0.5) is 0 Å². The number of rotatable bonds is 9. The van der Waals surface area contributed by atoms with Crippen LogP contribution in [0.2, 0.25) is 0 Å². The molecular weight excluding hydrogens is 1780 g/mol. The van der Waals surface area contributed by atoms with Gasteiger partial charge in [0, 0.05) is 92.5 Å². The number of nitrogens with zero attached hydrogens (tertiary/aromatic N) is 2. The summed E-state index contributed by atoms with van der Waals surface area (Å²) in [7, 11) is 0. The van der Waals surface area contributed by atoms with Crippen molar-refractivity contribution in [1.29, 1.82) is 0 Å². The second-order valence-corrected chi connectivity index (χ2v) is 33.9. The zero-order chi connectivity index (χ0) is 98.8. The lowest BCUT2D eigenvalue weighted by Gasteiger charge is -2.17. The Morgan fingerprint density at radius 1 is 0.329 bits per heavy atom. The zero-order valence-electron chi connectivity index (χ0n) is 79.5. The van der Waals surface area contributed by atoms with E-state index in [2.05, 4.69) is 43.3 Å². The first kappa shape index (κ1) is 108. The lowest BCUT2D eigenvalue weighted by atomic mass is 9.99. The molecule has 0 unspecified atom stereocenters. The number of para-hydroxylation sites is 3. The molecule has 29 heteroatoms. The number of benzene rings is 7. The first-order valence-corrected chi connectivity index (χ1v) is 48.5. The van der Waals surface area contributed by atoms with Gasteiger partial charge >= 0.3 is 0 Å². The minimum Gasteiger partial charge on any atom is -0.493 e.